The molecule has 2 aromatic carbocycles. The Hall–Kier alpha value is -3.72. The van der Waals surface area contributed by atoms with Gasteiger partial charge in [0.1, 0.15) is 6.04 Å². The number of carbonyl (C=O) groups is 3. The molecule has 34 heavy (non-hydrogen) atoms. The molecule has 0 fully saturated rings. The topological polar surface area (TPSA) is 109 Å². The largest absolute Gasteiger partial charge is 0.453 e. The molecule has 3 rings (SSSR count). The maximum Gasteiger partial charge on any atom is 0.407 e. The van der Waals surface area contributed by atoms with E-state index in [-0.39, 0.29) is 11.8 Å². The molecule has 0 saturated heterocycles. The zero-order chi connectivity index (χ0) is 24.3. The summed E-state index contributed by atoms with van der Waals surface area (Å²) in [6, 6.07) is 16.7. The number of carbonyl (C=O) groups excluding carboxylic acids is 3. The summed E-state index contributed by atoms with van der Waals surface area (Å²) in [7, 11) is 1.26. The van der Waals surface area contributed by atoms with Crippen molar-refractivity contribution in [1.29, 1.82) is 0 Å². The van der Waals surface area contributed by atoms with Gasteiger partial charge in [0, 0.05) is 30.8 Å². The van der Waals surface area contributed by atoms with Crippen LogP contribution in [-0.4, -0.2) is 42.6 Å². The van der Waals surface area contributed by atoms with Crippen LogP contribution in [0.1, 0.15) is 24.5 Å². The van der Waals surface area contributed by atoms with Gasteiger partial charge in [-0.3, -0.25) is 9.59 Å². The first-order valence-electron chi connectivity index (χ1n) is 10.9. The first kappa shape index (κ1) is 24.9. The van der Waals surface area contributed by atoms with Gasteiger partial charge in [-0.2, -0.15) is 0 Å². The zero-order valence-electron chi connectivity index (χ0n) is 19.2. The van der Waals surface area contributed by atoms with Crippen molar-refractivity contribution in [1.82, 2.24) is 15.6 Å². The quantitative estimate of drug-likeness (QED) is 0.383. The number of nitrogens with zero attached hydrogens (tertiary/aromatic N) is 1. The van der Waals surface area contributed by atoms with Crippen molar-refractivity contribution >= 4 is 34.4 Å². The molecule has 8 nitrogen and oxygen atoms in total. The molecular formula is C25H28N4O4S. The lowest BCUT2D eigenvalue weighted by atomic mass is 10.1. The standard InChI is InChI=1S/C25H28N4O4S/c1-17(30)26-14-6-9-18-10-12-20(13-11-18)22-16-34-24(27-22)29-23(31)21(28-25(32)33-2)15-19-7-4-3-5-8-19/h3-5,7-8,10-13,16,21H,6,9,14-15H2,1-2H3,(H,26,30)(H,28,32)(H,27,29,31). The fourth-order valence-electron chi connectivity index (χ4n) is 3.32. The maximum absolute atomic E-state index is 12.9. The number of anilines is 1. The molecule has 3 aromatic rings. The minimum atomic E-state index is -0.807. The molecular weight excluding hydrogens is 452 g/mol. The molecule has 9 heteroatoms. The minimum Gasteiger partial charge on any atom is -0.453 e. The number of amides is 3. The van der Waals surface area contributed by atoms with Crippen LogP contribution in [0, 0.1) is 0 Å². The van der Waals surface area contributed by atoms with Crippen molar-refractivity contribution in [2.45, 2.75) is 32.2 Å². The molecule has 3 amide bonds. The highest BCUT2D eigenvalue weighted by molar-refractivity contribution is 7.14. The second-order valence-electron chi connectivity index (χ2n) is 7.69. The van der Waals surface area contributed by atoms with Crippen molar-refractivity contribution in [2.24, 2.45) is 0 Å². The smallest absolute Gasteiger partial charge is 0.407 e. The van der Waals surface area contributed by atoms with E-state index in [1.807, 2.05) is 60.0 Å². The number of thiazole rings is 1. The van der Waals surface area contributed by atoms with E-state index in [9.17, 15) is 14.4 Å². The summed E-state index contributed by atoms with van der Waals surface area (Å²) >= 11 is 1.32. The Morgan fingerprint density at radius 2 is 1.76 bits per heavy atom. The summed E-state index contributed by atoms with van der Waals surface area (Å²) in [5.74, 6) is -0.390. The predicted molar refractivity (Wildman–Crippen MR) is 133 cm³/mol. The Morgan fingerprint density at radius 3 is 2.44 bits per heavy atom. The number of ether oxygens (including phenoxy) is 1. The Bertz CT molecular complexity index is 1100. The van der Waals surface area contributed by atoms with Crippen molar-refractivity contribution < 1.29 is 19.1 Å². The van der Waals surface area contributed by atoms with Crippen LogP contribution in [0.2, 0.25) is 0 Å². The third-order valence-electron chi connectivity index (χ3n) is 5.08. The number of benzene rings is 2. The first-order chi connectivity index (χ1) is 16.4. The Labute approximate surface area is 202 Å². The number of hydrogen-bond donors (Lipinski definition) is 3. The molecule has 1 atom stereocenters. The number of aromatic nitrogens is 1. The SMILES string of the molecule is COC(=O)NC(Cc1ccccc1)C(=O)Nc1nc(-c2ccc(CCCNC(C)=O)cc2)cs1. The van der Waals surface area contributed by atoms with Crippen LogP contribution in [0.5, 0.6) is 0 Å². The highest BCUT2D eigenvalue weighted by atomic mass is 32.1. The molecule has 1 aromatic heterocycles. The summed E-state index contributed by atoms with van der Waals surface area (Å²) in [6.07, 6.45) is 1.39. The number of alkyl carbamates (subject to hydrolysis) is 1. The van der Waals surface area contributed by atoms with Crippen molar-refractivity contribution in [2.75, 3.05) is 19.0 Å². The van der Waals surface area contributed by atoms with E-state index in [4.69, 9.17) is 0 Å². The van der Waals surface area contributed by atoms with E-state index in [1.165, 1.54) is 30.9 Å². The molecule has 0 aliphatic rings. The Kier molecular flexibility index (Phi) is 9.16. The highest BCUT2D eigenvalue weighted by Gasteiger charge is 2.23. The molecule has 0 spiro atoms. The number of nitrogens with one attached hydrogen (secondary N) is 3. The second kappa shape index (κ2) is 12.5. The highest BCUT2D eigenvalue weighted by Crippen LogP contribution is 2.25. The van der Waals surface area contributed by atoms with Gasteiger partial charge in [-0.05, 0) is 24.0 Å². The van der Waals surface area contributed by atoms with Crippen molar-refractivity contribution in [3.05, 3.63) is 71.1 Å². The van der Waals surface area contributed by atoms with E-state index in [1.54, 1.807) is 0 Å². The van der Waals surface area contributed by atoms with E-state index in [2.05, 4.69) is 25.7 Å². The molecule has 0 aliphatic heterocycles. The summed E-state index contributed by atoms with van der Waals surface area (Å²) in [4.78, 5) is 40.1. The average molecular weight is 481 g/mol. The second-order valence-corrected chi connectivity index (χ2v) is 8.55. The third kappa shape index (κ3) is 7.70. The van der Waals surface area contributed by atoms with E-state index in [0.717, 1.165) is 29.7 Å². The summed E-state index contributed by atoms with van der Waals surface area (Å²) < 4.78 is 4.67. The zero-order valence-corrected chi connectivity index (χ0v) is 20.0. The molecule has 0 bridgehead atoms. The summed E-state index contributed by atoms with van der Waals surface area (Å²) in [6.45, 7) is 2.17. The van der Waals surface area contributed by atoms with E-state index < -0.39 is 12.1 Å². The molecule has 1 unspecified atom stereocenters. The number of methoxy groups -OCH3 is 1. The predicted octanol–water partition coefficient (Wildman–Crippen LogP) is 3.78. The molecule has 0 radical (unpaired) electrons. The average Bonchev–Trinajstić information content (AvgIpc) is 3.30. The van der Waals surface area contributed by atoms with Crippen LogP contribution >= 0.6 is 11.3 Å². The van der Waals surface area contributed by atoms with E-state index in [0.29, 0.717) is 18.1 Å². The van der Waals surface area contributed by atoms with Gasteiger partial charge in [-0.1, -0.05) is 54.6 Å². The monoisotopic (exact) mass is 480 g/mol. The Balaban J connectivity index is 1.61. The van der Waals surface area contributed by atoms with Gasteiger partial charge in [-0.15, -0.1) is 11.3 Å². The number of aryl methyl sites for hydroxylation is 1. The maximum atomic E-state index is 12.9. The van der Waals surface area contributed by atoms with Gasteiger partial charge in [0.15, 0.2) is 5.13 Å². The lowest BCUT2D eigenvalue weighted by molar-refractivity contribution is -0.119. The van der Waals surface area contributed by atoms with Crippen LogP contribution in [-0.2, 0) is 27.2 Å². The summed E-state index contributed by atoms with van der Waals surface area (Å²) in [5.41, 5.74) is 3.79. The van der Waals surface area contributed by atoms with Crippen LogP contribution in [0.3, 0.4) is 0 Å². The normalized spacial score (nSPS) is 11.4. The van der Waals surface area contributed by atoms with E-state index >= 15 is 0 Å². The third-order valence-corrected chi connectivity index (χ3v) is 5.83. The van der Waals surface area contributed by atoms with Crippen LogP contribution in [0.4, 0.5) is 9.93 Å². The number of rotatable bonds is 10. The molecule has 1 heterocycles. The first-order valence-corrected chi connectivity index (χ1v) is 11.8. The summed E-state index contributed by atoms with van der Waals surface area (Å²) in [5, 5.41) is 10.5. The van der Waals surface area contributed by atoms with Gasteiger partial charge >= 0.3 is 6.09 Å². The van der Waals surface area contributed by atoms with Gasteiger partial charge in [-0.25, -0.2) is 9.78 Å². The molecule has 178 valence electrons. The fraction of sp³-hybridized carbons (Fsp3) is 0.280. The van der Waals surface area contributed by atoms with Crippen LogP contribution in [0.15, 0.2) is 60.0 Å². The van der Waals surface area contributed by atoms with Gasteiger partial charge in [0.2, 0.25) is 11.8 Å². The molecule has 3 N–H and O–H groups in total. The Morgan fingerprint density at radius 1 is 1.03 bits per heavy atom. The van der Waals surface area contributed by atoms with Crippen molar-refractivity contribution in [3.8, 4) is 11.3 Å². The van der Waals surface area contributed by atoms with Gasteiger partial charge in [0.05, 0.1) is 12.8 Å². The molecule has 0 saturated carbocycles. The lowest BCUT2D eigenvalue weighted by Crippen LogP contribution is -2.45. The van der Waals surface area contributed by atoms with Crippen LogP contribution < -0.4 is 16.0 Å². The van der Waals surface area contributed by atoms with Gasteiger partial charge in [0.25, 0.3) is 0 Å². The fourth-order valence-corrected chi connectivity index (χ4v) is 4.04. The number of hydrogen-bond acceptors (Lipinski definition) is 6. The minimum absolute atomic E-state index is 0.0192. The van der Waals surface area contributed by atoms with Crippen LogP contribution in [0.25, 0.3) is 11.3 Å². The van der Waals surface area contributed by atoms with Gasteiger partial charge < -0.3 is 20.7 Å². The lowest BCUT2D eigenvalue weighted by Gasteiger charge is -2.17. The molecule has 0 aliphatic carbocycles. The van der Waals surface area contributed by atoms with Crippen molar-refractivity contribution in [3.63, 3.8) is 0 Å².